The molecule has 0 saturated heterocycles. The Balaban J connectivity index is 2.33. The summed E-state index contributed by atoms with van der Waals surface area (Å²) in [6.45, 7) is 3.19. The van der Waals surface area contributed by atoms with E-state index in [1.54, 1.807) is 19.2 Å². The van der Waals surface area contributed by atoms with Crippen molar-refractivity contribution in [3.8, 4) is 0 Å². The minimum absolute atomic E-state index is 0.256. The number of carbonyl (C=O) groups is 2. The van der Waals surface area contributed by atoms with Gasteiger partial charge in [0.05, 0.1) is 6.20 Å². The number of nitrogens with zero attached hydrogens (tertiary/aromatic N) is 3. The highest BCUT2D eigenvalue weighted by atomic mass is 16.4. The van der Waals surface area contributed by atoms with Gasteiger partial charge in [0, 0.05) is 11.9 Å². The molecule has 0 fully saturated rings. The van der Waals surface area contributed by atoms with E-state index in [-0.39, 0.29) is 5.56 Å². The zero-order valence-electron chi connectivity index (χ0n) is 9.91. The highest BCUT2D eigenvalue weighted by Crippen LogP contribution is 2.08. The standard InChI is InChI=1S/C11H12N4O3/c1-6-3-4-15-9(13-6)8(5-12-15)10(16)14-7(2)11(17)18/h3-5,7H,1-2H3,(H,14,16)(H,17,18)/t7-/m1/s1. The van der Waals surface area contributed by atoms with Gasteiger partial charge in [0.25, 0.3) is 5.91 Å². The number of hydrogen-bond donors (Lipinski definition) is 2. The van der Waals surface area contributed by atoms with Gasteiger partial charge in [-0.1, -0.05) is 0 Å². The van der Waals surface area contributed by atoms with Gasteiger partial charge < -0.3 is 10.4 Å². The third kappa shape index (κ3) is 2.15. The molecule has 7 heteroatoms. The Bertz CT molecular complexity index is 620. The van der Waals surface area contributed by atoms with Crippen molar-refractivity contribution in [1.29, 1.82) is 0 Å². The van der Waals surface area contributed by atoms with Gasteiger partial charge in [-0.3, -0.25) is 9.59 Å². The third-order valence-corrected chi connectivity index (χ3v) is 2.47. The molecule has 1 atom stereocenters. The lowest BCUT2D eigenvalue weighted by Crippen LogP contribution is -2.38. The van der Waals surface area contributed by atoms with Crippen LogP contribution in [-0.2, 0) is 4.79 Å². The molecular formula is C11H12N4O3. The number of carboxylic acid groups (broad SMARTS) is 1. The van der Waals surface area contributed by atoms with Crippen LogP contribution in [0.15, 0.2) is 18.5 Å². The van der Waals surface area contributed by atoms with E-state index in [0.29, 0.717) is 5.65 Å². The maximum absolute atomic E-state index is 11.9. The molecule has 2 heterocycles. The predicted octanol–water partition coefficient (Wildman–Crippen LogP) is 0.241. The van der Waals surface area contributed by atoms with Crippen molar-refractivity contribution in [1.82, 2.24) is 19.9 Å². The lowest BCUT2D eigenvalue weighted by atomic mass is 10.2. The third-order valence-electron chi connectivity index (χ3n) is 2.47. The van der Waals surface area contributed by atoms with Gasteiger partial charge in [0.1, 0.15) is 11.6 Å². The van der Waals surface area contributed by atoms with Crippen molar-refractivity contribution in [2.75, 3.05) is 0 Å². The van der Waals surface area contributed by atoms with Crippen LogP contribution in [0, 0.1) is 6.92 Å². The summed E-state index contributed by atoms with van der Waals surface area (Å²) in [7, 11) is 0. The zero-order chi connectivity index (χ0) is 13.3. The van der Waals surface area contributed by atoms with E-state index in [0.717, 1.165) is 5.69 Å². The van der Waals surface area contributed by atoms with E-state index in [2.05, 4.69) is 15.4 Å². The number of carbonyl (C=O) groups excluding carboxylic acids is 1. The van der Waals surface area contributed by atoms with Gasteiger partial charge in [0.2, 0.25) is 0 Å². The molecule has 0 spiro atoms. The quantitative estimate of drug-likeness (QED) is 0.811. The van der Waals surface area contributed by atoms with Crippen molar-refractivity contribution in [3.63, 3.8) is 0 Å². The predicted molar refractivity (Wildman–Crippen MR) is 62.3 cm³/mol. The topological polar surface area (TPSA) is 96.6 Å². The van der Waals surface area contributed by atoms with Gasteiger partial charge in [-0.25, -0.2) is 9.50 Å². The Morgan fingerprint density at radius 3 is 2.89 bits per heavy atom. The number of hydrogen-bond acceptors (Lipinski definition) is 4. The summed E-state index contributed by atoms with van der Waals surface area (Å²) >= 11 is 0. The van der Waals surface area contributed by atoms with Crippen LogP contribution in [0.5, 0.6) is 0 Å². The Kier molecular flexibility index (Phi) is 2.97. The molecule has 94 valence electrons. The minimum Gasteiger partial charge on any atom is -0.480 e. The average Bonchev–Trinajstić information content (AvgIpc) is 2.71. The zero-order valence-corrected chi connectivity index (χ0v) is 9.91. The molecule has 0 aliphatic rings. The lowest BCUT2D eigenvalue weighted by molar-refractivity contribution is -0.138. The van der Waals surface area contributed by atoms with Gasteiger partial charge in [-0.05, 0) is 19.9 Å². The normalized spacial score (nSPS) is 12.3. The first-order chi connectivity index (χ1) is 8.49. The molecule has 2 rings (SSSR count). The van der Waals surface area contributed by atoms with E-state index in [9.17, 15) is 9.59 Å². The highest BCUT2D eigenvalue weighted by molar-refractivity contribution is 6.01. The largest absolute Gasteiger partial charge is 0.480 e. The van der Waals surface area contributed by atoms with E-state index >= 15 is 0 Å². The van der Waals surface area contributed by atoms with Crippen molar-refractivity contribution < 1.29 is 14.7 Å². The molecule has 0 bridgehead atoms. The molecule has 0 aliphatic heterocycles. The smallest absolute Gasteiger partial charge is 0.325 e. The molecule has 7 nitrogen and oxygen atoms in total. The minimum atomic E-state index is -1.09. The van der Waals surface area contributed by atoms with E-state index in [1.807, 2.05) is 0 Å². The first-order valence-corrected chi connectivity index (χ1v) is 5.33. The van der Waals surface area contributed by atoms with E-state index in [4.69, 9.17) is 5.11 Å². The molecule has 2 aromatic rings. The van der Waals surface area contributed by atoms with Crippen LogP contribution in [0.2, 0.25) is 0 Å². The molecule has 2 N–H and O–H groups in total. The number of nitrogens with one attached hydrogen (secondary N) is 1. The Morgan fingerprint density at radius 1 is 1.50 bits per heavy atom. The summed E-state index contributed by atoms with van der Waals surface area (Å²) in [6.07, 6.45) is 3.06. The number of aliphatic carboxylic acids is 1. The Hall–Kier alpha value is -2.44. The summed E-state index contributed by atoms with van der Waals surface area (Å²) in [4.78, 5) is 26.8. The van der Waals surface area contributed by atoms with Crippen LogP contribution in [-0.4, -0.2) is 37.6 Å². The number of carboxylic acids is 1. The molecular weight excluding hydrogens is 236 g/mol. The van der Waals surface area contributed by atoms with Crippen LogP contribution in [0.1, 0.15) is 23.0 Å². The van der Waals surface area contributed by atoms with Gasteiger partial charge in [0.15, 0.2) is 5.65 Å². The SMILES string of the molecule is Cc1ccn2ncc(C(=O)N[C@H](C)C(=O)O)c2n1. The fourth-order valence-corrected chi connectivity index (χ4v) is 1.46. The monoisotopic (exact) mass is 248 g/mol. The number of aryl methyl sites for hydroxylation is 1. The van der Waals surface area contributed by atoms with Crippen LogP contribution in [0.25, 0.3) is 5.65 Å². The molecule has 0 saturated carbocycles. The van der Waals surface area contributed by atoms with Crippen LogP contribution in [0.4, 0.5) is 0 Å². The summed E-state index contributed by atoms with van der Waals surface area (Å²) in [5, 5.41) is 15.1. The van der Waals surface area contributed by atoms with Crippen molar-refractivity contribution in [2.24, 2.45) is 0 Å². The molecule has 0 aromatic carbocycles. The highest BCUT2D eigenvalue weighted by Gasteiger charge is 2.19. The fourth-order valence-electron chi connectivity index (χ4n) is 1.46. The van der Waals surface area contributed by atoms with Crippen LogP contribution in [0.3, 0.4) is 0 Å². The number of rotatable bonds is 3. The molecule has 0 aliphatic carbocycles. The Morgan fingerprint density at radius 2 is 2.22 bits per heavy atom. The van der Waals surface area contributed by atoms with Crippen LogP contribution >= 0.6 is 0 Å². The second kappa shape index (κ2) is 4.44. The summed E-state index contributed by atoms with van der Waals surface area (Å²) in [6, 6.07) is 0.805. The maximum atomic E-state index is 11.9. The van der Waals surface area contributed by atoms with Crippen molar-refractivity contribution in [2.45, 2.75) is 19.9 Å². The molecule has 2 aromatic heterocycles. The molecule has 18 heavy (non-hydrogen) atoms. The Labute approximate surface area is 102 Å². The second-order valence-corrected chi connectivity index (χ2v) is 3.93. The second-order valence-electron chi connectivity index (χ2n) is 3.93. The average molecular weight is 248 g/mol. The summed E-state index contributed by atoms with van der Waals surface area (Å²) in [5.74, 6) is -1.60. The lowest BCUT2D eigenvalue weighted by Gasteiger charge is -2.07. The first kappa shape index (κ1) is 12.0. The van der Waals surface area contributed by atoms with E-state index in [1.165, 1.54) is 17.6 Å². The number of amides is 1. The van der Waals surface area contributed by atoms with Crippen LogP contribution < -0.4 is 5.32 Å². The number of fused-ring (bicyclic) bond motifs is 1. The molecule has 1 amide bonds. The van der Waals surface area contributed by atoms with E-state index < -0.39 is 17.9 Å². The van der Waals surface area contributed by atoms with Gasteiger partial charge in [-0.15, -0.1) is 0 Å². The molecule has 0 unspecified atom stereocenters. The first-order valence-electron chi connectivity index (χ1n) is 5.33. The van der Waals surface area contributed by atoms with Gasteiger partial charge >= 0.3 is 5.97 Å². The summed E-state index contributed by atoms with van der Waals surface area (Å²) < 4.78 is 1.47. The van der Waals surface area contributed by atoms with Crippen molar-refractivity contribution in [3.05, 3.63) is 29.7 Å². The fraction of sp³-hybridized carbons (Fsp3) is 0.273. The number of aromatic nitrogens is 3. The molecule has 0 radical (unpaired) electrons. The maximum Gasteiger partial charge on any atom is 0.325 e. The van der Waals surface area contributed by atoms with Gasteiger partial charge in [-0.2, -0.15) is 5.10 Å². The van der Waals surface area contributed by atoms with Crippen molar-refractivity contribution >= 4 is 17.5 Å². The summed E-state index contributed by atoms with van der Waals surface area (Å²) in [5.41, 5.74) is 1.42.